The maximum atomic E-state index is 13.6. The molecule has 4 rings (SSSR count). The fourth-order valence-corrected chi connectivity index (χ4v) is 4.48. The number of rotatable bonds is 3. The minimum Gasteiger partial charge on any atom is -0.343 e. The van der Waals surface area contributed by atoms with Crippen LogP contribution in [0, 0.1) is 11.7 Å². The summed E-state index contributed by atoms with van der Waals surface area (Å²) < 4.78 is 15.9. The van der Waals surface area contributed by atoms with Crippen LogP contribution in [0.15, 0.2) is 30.5 Å². The van der Waals surface area contributed by atoms with E-state index in [1.807, 2.05) is 17.2 Å². The molecule has 0 saturated carbocycles. The molecule has 2 aromatic rings. The number of amides is 1. The first-order chi connectivity index (χ1) is 12.5. The van der Waals surface area contributed by atoms with Crippen LogP contribution in [0.1, 0.15) is 45.4 Å². The van der Waals surface area contributed by atoms with Crippen molar-refractivity contribution in [3.63, 3.8) is 0 Å². The summed E-state index contributed by atoms with van der Waals surface area (Å²) >= 11 is 0. The Labute approximate surface area is 154 Å². The van der Waals surface area contributed by atoms with Gasteiger partial charge in [-0.3, -0.25) is 4.79 Å². The predicted octanol–water partition coefficient (Wildman–Crippen LogP) is 4.00. The molecule has 0 unspecified atom stereocenters. The SMILES string of the molecule is CC(C)CC(=O)N1CCC2(CC1)CCn1c(-c3cccc(F)c3)cnc12. The van der Waals surface area contributed by atoms with E-state index < -0.39 is 0 Å². The summed E-state index contributed by atoms with van der Waals surface area (Å²) in [7, 11) is 0. The molecule has 5 heteroatoms. The van der Waals surface area contributed by atoms with E-state index >= 15 is 0 Å². The zero-order chi connectivity index (χ0) is 18.3. The zero-order valence-electron chi connectivity index (χ0n) is 15.5. The molecule has 0 radical (unpaired) electrons. The number of aromatic nitrogens is 2. The Morgan fingerprint density at radius 2 is 1.96 bits per heavy atom. The normalized spacial score (nSPS) is 18.5. The van der Waals surface area contributed by atoms with Gasteiger partial charge >= 0.3 is 0 Å². The monoisotopic (exact) mass is 355 g/mol. The van der Waals surface area contributed by atoms with Crippen molar-refractivity contribution in [2.45, 2.75) is 51.5 Å². The Morgan fingerprint density at radius 1 is 1.23 bits per heavy atom. The van der Waals surface area contributed by atoms with Crippen molar-refractivity contribution in [2.24, 2.45) is 5.92 Å². The van der Waals surface area contributed by atoms with Gasteiger partial charge in [-0.1, -0.05) is 26.0 Å². The molecule has 138 valence electrons. The van der Waals surface area contributed by atoms with Gasteiger partial charge in [-0.25, -0.2) is 9.37 Å². The van der Waals surface area contributed by atoms with Crippen LogP contribution < -0.4 is 0 Å². The Morgan fingerprint density at radius 3 is 2.65 bits per heavy atom. The van der Waals surface area contributed by atoms with E-state index in [4.69, 9.17) is 4.98 Å². The number of fused-ring (bicyclic) bond motifs is 2. The lowest BCUT2D eigenvalue weighted by atomic mass is 9.76. The maximum Gasteiger partial charge on any atom is 0.222 e. The molecule has 1 aromatic carbocycles. The molecule has 1 fully saturated rings. The van der Waals surface area contributed by atoms with Gasteiger partial charge in [-0.15, -0.1) is 0 Å². The van der Waals surface area contributed by atoms with Gasteiger partial charge in [0.05, 0.1) is 11.9 Å². The smallest absolute Gasteiger partial charge is 0.222 e. The molecular weight excluding hydrogens is 329 g/mol. The van der Waals surface area contributed by atoms with E-state index in [-0.39, 0.29) is 17.1 Å². The van der Waals surface area contributed by atoms with Crippen LogP contribution in [0.5, 0.6) is 0 Å². The molecular formula is C21H26FN3O. The van der Waals surface area contributed by atoms with Crippen molar-refractivity contribution < 1.29 is 9.18 Å². The number of halogens is 1. The van der Waals surface area contributed by atoms with Gasteiger partial charge in [0.25, 0.3) is 0 Å². The maximum absolute atomic E-state index is 13.6. The second-order valence-electron chi connectivity index (χ2n) is 8.14. The third kappa shape index (κ3) is 2.93. The molecule has 3 heterocycles. The molecule has 0 aliphatic carbocycles. The van der Waals surface area contributed by atoms with Gasteiger partial charge in [0.1, 0.15) is 11.6 Å². The largest absolute Gasteiger partial charge is 0.343 e. The molecule has 26 heavy (non-hydrogen) atoms. The van der Waals surface area contributed by atoms with Gasteiger partial charge in [0, 0.05) is 37.0 Å². The summed E-state index contributed by atoms with van der Waals surface area (Å²) in [5, 5.41) is 0. The number of carbonyl (C=O) groups excluding carboxylic acids is 1. The second-order valence-corrected chi connectivity index (χ2v) is 8.14. The van der Waals surface area contributed by atoms with Crippen LogP contribution >= 0.6 is 0 Å². The highest BCUT2D eigenvalue weighted by Crippen LogP contribution is 2.44. The van der Waals surface area contributed by atoms with Crippen LogP contribution in [0.2, 0.25) is 0 Å². The molecule has 2 aliphatic heterocycles. The minimum atomic E-state index is -0.220. The summed E-state index contributed by atoms with van der Waals surface area (Å²) in [6, 6.07) is 6.72. The molecule has 1 aromatic heterocycles. The summed E-state index contributed by atoms with van der Waals surface area (Å²) in [4.78, 5) is 19.1. The van der Waals surface area contributed by atoms with E-state index in [1.54, 1.807) is 12.1 Å². The first-order valence-electron chi connectivity index (χ1n) is 9.58. The average molecular weight is 355 g/mol. The van der Waals surface area contributed by atoms with Crippen LogP contribution in [0.3, 0.4) is 0 Å². The fourth-order valence-electron chi connectivity index (χ4n) is 4.48. The van der Waals surface area contributed by atoms with E-state index in [9.17, 15) is 9.18 Å². The lowest BCUT2D eigenvalue weighted by Gasteiger charge is -2.38. The third-order valence-corrected chi connectivity index (χ3v) is 5.92. The Balaban J connectivity index is 1.54. The quantitative estimate of drug-likeness (QED) is 0.835. The summed E-state index contributed by atoms with van der Waals surface area (Å²) in [5.41, 5.74) is 1.94. The first-order valence-corrected chi connectivity index (χ1v) is 9.58. The molecule has 4 nitrogen and oxygen atoms in total. The molecule has 2 aliphatic rings. The molecule has 0 atom stereocenters. The van der Waals surface area contributed by atoms with Crippen LogP contribution in [-0.4, -0.2) is 33.4 Å². The van der Waals surface area contributed by atoms with Crippen molar-refractivity contribution in [1.82, 2.24) is 14.5 Å². The van der Waals surface area contributed by atoms with Crippen molar-refractivity contribution >= 4 is 5.91 Å². The second kappa shape index (κ2) is 6.53. The fraction of sp³-hybridized carbons (Fsp3) is 0.524. The van der Waals surface area contributed by atoms with Gasteiger partial charge in [-0.05, 0) is 37.3 Å². The van der Waals surface area contributed by atoms with Crippen molar-refractivity contribution in [3.05, 3.63) is 42.1 Å². The molecule has 1 saturated heterocycles. The van der Waals surface area contributed by atoms with Gasteiger partial charge < -0.3 is 9.47 Å². The van der Waals surface area contributed by atoms with E-state index in [0.29, 0.717) is 12.3 Å². The van der Waals surface area contributed by atoms with E-state index in [2.05, 4.69) is 18.4 Å². The number of hydrogen-bond acceptors (Lipinski definition) is 2. The van der Waals surface area contributed by atoms with Crippen LogP contribution in [0.25, 0.3) is 11.3 Å². The first kappa shape index (κ1) is 17.3. The number of benzene rings is 1. The van der Waals surface area contributed by atoms with Gasteiger partial charge in [-0.2, -0.15) is 0 Å². The lowest BCUT2D eigenvalue weighted by Crippen LogP contribution is -2.44. The van der Waals surface area contributed by atoms with Crippen LogP contribution in [-0.2, 0) is 16.8 Å². The Bertz CT molecular complexity index is 818. The highest BCUT2D eigenvalue weighted by molar-refractivity contribution is 5.76. The predicted molar refractivity (Wildman–Crippen MR) is 99.2 cm³/mol. The molecule has 1 spiro atoms. The topological polar surface area (TPSA) is 38.1 Å². The van der Waals surface area contributed by atoms with E-state index in [1.165, 1.54) is 6.07 Å². The number of likely N-dealkylation sites (tertiary alicyclic amines) is 1. The minimum absolute atomic E-state index is 0.0696. The Hall–Kier alpha value is -2.17. The molecule has 0 N–H and O–H groups in total. The number of imidazole rings is 1. The molecule has 1 amide bonds. The summed E-state index contributed by atoms with van der Waals surface area (Å²) in [5.74, 6) is 1.57. The highest BCUT2D eigenvalue weighted by atomic mass is 19.1. The zero-order valence-corrected chi connectivity index (χ0v) is 15.5. The molecule has 0 bridgehead atoms. The van der Waals surface area contributed by atoms with Crippen molar-refractivity contribution in [2.75, 3.05) is 13.1 Å². The van der Waals surface area contributed by atoms with Gasteiger partial charge in [0.15, 0.2) is 0 Å². The van der Waals surface area contributed by atoms with Crippen molar-refractivity contribution in [1.29, 1.82) is 0 Å². The summed E-state index contributed by atoms with van der Waals surface area (Å²) in [6.07, 6.45) is 5.50. The number of nitrogens with zero attached hydrogens (tertiary/aromatic N) is 3. The average Bonchev–Trinajstić information content (AvgIpc) is 3.17. The third-order valence-electron chi connectivity index (χ3n) is 5.92. The number of carbonyl (C=O) groups is 1. The number of hydrogen-bond donors (Lipinski definition) is 0. The highest BCUT2D eigenvalue weighted by Gasteiger charge is 2.44. The van der Waals surface area contributed by atoms with E-state index in [0.717, 1.165) is 56.0 Å². The lowest BCUT2D eigenvalue weighted by molar-refractivity contribution is -0.133. The summed E-state index contributed by atoms with van der Waals surface area (Å²) in [6.45, 7) is 6.72. The number of piperidine rings is 1. The standard InChI is InChI=1S/C21H26FN3O/c1-15(2)12-19(26)24-9-6-21(7-10-24)8-11-25-18(14-23-20(21)25)16-4-3-5-17(22)13-16/h3-5,13-15H,6-12H2,1-2H3. The van der Waals surface area contributed by atoms with Crippen molar-refractivity contribution in [3.8, 4) is 11.3 Å². The van der Waals surface area contributed by atoms with Gasteiger partial charge in [0.2, 0.25) is 5.91 Å². The Kier molecular flexibility index (Phi) is 4.33. The van der Waals surface area contributed by atoms with Crippen LogP contribution in [0.4, 0.5) is 4.39 Å².